The van der Waals surface area contributed by atoms with E-state index in [0.717, 1.165) is 12.5 Å². The van der Waals surface area contributed by atoms with E-state index in [2.05, 4.69) is 37.4 Å². The molecule has 0 bridgehead atoms. The van der Waals surface area contributed by atoms with Crippen LogP contribution in [-0.4, -0.2) is 12.1 Å². The van der Waals surface area contributed by atoms with Gasteiger partial charge in [0.2, 0.25) is 0 Å². The van der Waals surface area contributed by atoms with E-state index in [9.17, 15) is 0 Å². The number of rotatable bonds is 1. The van der Waals surface area contributed by atoms with Crippen molar-refractivity contribution in [2.24, 2.45) is 5.92 Å². The number of piperidine rings is 1. The van der Waals surface area contributed by atoms with Crippen molar-refractivity contribution in [3.63, 3.8) is 0 Å². The topological polar surface area (TPSA) is 12.0 Å². The fourth-order valence-electron chi connectivity index (χ4n) is 2.53. The number of hydrogen-bond acceptors (Lipinski definition) is 1. The van der Waals surface area contributed by atoms with Gasteiger partial charge in [-0.15, -0.1) is 0 Å². The number of allylic oxidation sites excluding steroid dienone is 3. The molecule has 1 saturated heterocycles. The molecule has 1 N–H and O–H groups in total. The molecule has 1 nitrogen and oxygen atoms in total. The van der Waals surface area contributed by atoms with Crippen LogP contribution in [0, 0.1) is 5.92 Å². The molecule has 0 aromatic heterocycles. The zero-order valence-electron chi connectivity index (χ0n) is 9.34. The van der Waals surface area contributed by atoms with Crippen LogP contribution in [0.15, 0.2) is 23.8 Å². The van der Waals surface area contributed by atoms with Gasteiger partial charge in [0.15, 0.2) is 0 Å². The Balaban J connectivity index is 1.96. The third-order valence-corrected chi connectivity index (χ3v) is 3.23. The van der Waals surface area contributed by atoms with Gasteiger partial charge in [0, 0.05) is 5.54 Å². The summed E-state index contributed by atoms with van der Waals surface area (Å²) in [6.07, 6.45) is 12.2. The maximum absolute atomic E-state index is 3.56. The van der Waals surface area contributed by atoms with Crippen molar-refractivity contribution in [2.45, 2.75) is 45.1 Å². The molecule has 0 unspecified atom stereocenters. The van der Waals surface area contributed by atoms with Gasteiger partial charge in [-0.3, -0.25) is 0 Å². The van der Waals surface area contributed by atoms with E-state index in [1.165, 1.54) is 25.7 Å². The summed E-state index contributed by atoms with van der Waals surface area (Å²) >= 11 is 0. The minimum atomic E-state index is 0.316. The number of nitrogens with one attached hydrogen (secondary N) is 1. The summed E-state index contributed by atoms with van der Waals surface area (Å²) in [6, 6.07) is 0. The molecular weight excluding hydrogens is 170 g/mol. The Morgan fingerprint density at radius 1 is 1.36 bits per heavy atom. The van der Waals surface area contributed by atoms with Gasteiger partial charge in [-0.2, -0.15) is 0 Å². The molecule has 0 radical (unpaired) electrons. The van der Waals surface area contributed by atoms with Gasteiger partial charge in [0.1, 0.15) is 0 Å². The first-order valence-corrected chi connectivity index (χ1v) is 5.75. The first-order valence-electron chi connectivity index (χ1n) is 5.75. The van der Waals surface area contributed by atoms with Crippen LogP contribution in [0.3, 0.4) is 0 Å². The minimum absolute atomic E-state index is 0.316. The van der Waals surface area contributed by atoms with Gasteiger partial charge >= 0.3 is 0 Å². The summed E-state index contributed by atoms with van der Waals surface area (Å²) in [7, 11) is 0. The third kappa shape index (κ3) is 2.48. The highest BCUT2D eigenvalue weighted by molar-refractivity contribution is 5.15. The number of hydrogen-bond donors (Lipinski definition) is 1. The van der Waals surface area contributed by atoms with Gasteiger partial charge in [-0.1, -0.05) is 23.8 Å². The highest BCUT2D eigenvalue weighted by Crippen LogP contribution is 2.27. The lowest BCUT2D eigenvalue weighted by Crippen LogP contribution is -2.43. The zero-order valence-corrected chi connectivity index (χ0v) is 9.34. The predicted molar refractivity (Wildman–Crippen MR) is 61.3 cm³/mol. The van der Waals surface area contributed by atoms with Gasteiger partial charge in [0.05, 0.1) is 0 Å². The molecule has 2 rings (SSSR count). The first kappa shape index (κ1) is 9.97. The molecule has 0 aromatic rings. The maximum atomic E-state index is 3.56. The molecule has 14 heavy (non-hydrogen) atoms. The van der Waals surface area contributed by atoms with Crippen molar-refractivity contribution < 1.29 is 0 Å². The van der Waals surface area contributed by atoms with Crippen molar-refractivity contribution in [3.05, 3.63) is 23.8 Å². The summed E-state index contributed by atoms with van der Waals surface area (Å²) < 4.78 is 0. The normalized spacial score (nSPS) is 30.0. The van der Waals surface area contributed by atoms with Gasteiger partial charge in [-0.25, -0.2) is 0 Å². The van der Waals surface area contributed by atoms with Gasteiger partial charge in [0.25, 0.3) is 0 Å². The molecule has 0 aromatic carbocycles. The lowest BCUT2D eigenvalue weighted by molar-refractivity contribution is 0.350. The monoisotopic (exact) mass is 191 g/mol. The first-order chi connectivity index (χ1) is 6.66. The molecule has 1 aliphatic heterocycles. The van der Waals surface area contributed by atoms with Crippen LogP contribution in [0.2, 0.25) is 0 Å². The molecule has 78 valence electrons. The fraction of sp³-hybridized carbons (Fsp3) is 0.692. The van der Waals surface area contributed by atoms with Gasteiger partial charge in [-0.05, 0) is 52.0 Å². The average molecular weight is 191 g/mol. The second-order valence-corrected chi connectivity index (χ2v) is 5.27. The molecule has 0 spiro atoms. The van der Waals surface area contributed by atoms with E-state index < -0.39 is 0 Å². The van der Waals surface area contributed by atoms with E-state index in [1.807, 2.05) is 0 Å². The third-order valence-electron chi connectivity index (χ3n) is 3.23. The summed E-state index contributed by atoms with van der Waals surface area (Å²) in [5, 5.41) is 3.56. The lowest BCUT2D eigenvalue weighted by atomic mass is 9.87. The summed E-state index contributed by atoms with van der Waals surface area (Å²) in [5.74, 6) is 0.805. The summed E-state index contributed by atoms with van der Waals surface area (Å²) in [5.41, 5.74) is 1.98. The fourth-order valence-corrected chi connectivity index (χ4v) is 2.53. The molecule has 0 saturated carbocycles. The SMILES string of the molecule is CC1(C)C/C(=C/C2CC=CC2)CCN1. The van der Waals surface area contributed by atoms with Crippen LogP contribution in [-0.2, 0) is 0 Å². The Bertz CT molecular complexity index is 252. The molecular formula is C13H21N. The Hall–Kier alpha value is -0.560. The van der Waals surface area contributed by atoms with Gasteiger partial charge < -0.3 is 5.32 Å². The van der Waals surface area contributed by atoms with Crippen LogP contribution < -0.4 is 5.32 Å². The Kier molecular flexibility index (Phi) is 2.78. The molecule has 1 heterocycles. The Morgan fingerprint density at radius 3 is 2.71 bits per heavy atom. The highest BCUT2D eigenvalue weighted by atomic mass is 15.0. The quantitative estimate of drug-likeness (QED) is 0.628. The van der Waals surface area contributed by atoms with Crippen LogP contribution in [0.5, 0.6) is 0 Å². The molecule has 0 amide bonds. The summed E-state index contributed by atoms with van der Waals surface area (Å²) in [6.45, 7) is 5.75. The Morgan fingerprint density at radius 2 is 2.07 bits per heavy atom. The molecule has 1 fully saturated rings. The van der Waals surface area contributed by atoms with Crippen LogP contribution >= 0.6 is 0 Å². The van der Waals surface area contributed by atoms with Crippen molar-refractivity contribution >= 4 is 0 Å². The second kappa shape index (κ2) is 3.90. The average Bonchev–Trinajstić information content (AvgIpc) is 2.54. The van der Waals surface area contributed by atoms with Crippen molar-refractivity contribution in [3.8, 4) is 0 Å². The highest BCUT2D eigenvalue weighted by Gasteiger charge is 2.23. The largest absolute Gasteiger partial charge is 0.311 e. The van der Waals surface area contributed by atoms with E-state index in [1.54, 1.807) is 5.57 Å². The van der Waals surface area contributed by atoms with Crippen molar-refractivity contribution in [2.75, 3.05) is 6.54 Å². The lowest BCUT2D eigenvalue weighted by Gasteiger charge is -2.33. The van der Waals surface area contributed by atoms with E-state index in [4.69, 9.17) is 0 Å². The van der Waals surface area contributed by atoms with E-state index >= 15 is 0 Å². The molecule has 1 aliphatic carbocycles. The summed E-state index contributed by atoms with van der Waals surface area (Å²) in [4.78, 5) is 0. The minimum Gasteiger partial charge on any atom is -0.311 e. The standard InChI is InChI=1S/C13H21N/c1-13(2)10-12(7-8-14-13)9-11-5-3-4-6-11/h3-4,9,11,14H,5-8,10H2,1-2H3/b12-9+. The van der Waals surface area contributed by atoms with Crippen molar-refractivity contribution in [1.82, 2.24) is 5.32 Å². The second-order valence-electron chi connectivity index (χ2n) is 5.27. The zero-order chi connectivity index (χ0) is 10.0. The maximum Gasteiger partial charge on any atom is 0.0162 e. The molecule has 1 heteroatoms. The predicted octanol–water partition coefficient (Wildman–Crippen LogP) is 3.04. The molecule has 0 atom stereocenters. The van der Waals surface area contributed by atoms with Crippen molar-refractivity contribution in [1.29, 1.82) is 0 Å². The van der Waals surface area contributed by atoms with Crippen LogP contribution in [0.1, 0.15) is 39.5 Å². The smallest absolute Gasteiger partial charge is 0.0162 e. The van der Waals surface area contributed by atoms with E-state index in [0.29, 0.717) is 5.54 Å². The molecule has 2 aliphatic rings. The van der Waals surface area contributed by atoms with Crippen LogP contribution in [0.25, 0.3) is 0 Å². The van der Waals surface area contributed by atoms with Crippen LogP contribution in [0.4, 0.5) is 0 Å². The van der Waals surface area contributed by atoms with E-state index in [-0.39, 0.29) is 0 Å². The Labute approximate surface area is 87.3 Å².